The van der Waals surface area contributed by atoms with Crippen LogP contribution in [0.4, 0.5) is 0 Å². The van der Waals surface area contributed by atoms with E-state index in [1.807, 2.05) is 6.07 Å². The van der Waals surface area contributed by atoms with Crippen LogP contribution in [-0.2, 0) is 12.8 Å². The van der Waals surface area contributed by atoms with Gasteiger partial charge in [0.1, 0.15) is 5.76 Å². The summed E-state index contributed by atoms with van der Waals surface area (Å²) in [6.45, 7) is 9.76. The molecular formula is C19H27NO. The largest absolute Gasteiger partial charge is 0.469 e. The average molecular weight is 285 g/mol. The molecule has 0 aliphatic rings. The topological polar surface area (TPSA) is 25.2 Å². The fraction of sp³-hybridized carbons (Fsp3) is 0.474. The van der Waals surface area contributed by atoms with Gasteiger partial charge in [-0.05, 0) is 64.3 Å². The van der Waals surface area contributed by atoms with Gasteiger partial charge in [0.25, 0.3) is 0 Å². The van der Waals surface area contributed by atoms with Crippen LogP contribution >= 0.6 is 0 Å². The Hall–Kier alpha value is -1.54. The summed E-state index contributed by atoms with van der Waals surface area (Å²) in [6, 6.07) is 12.9. The van der Waals surface area contributed by atoms with Crippen molar-refractivity contribution >= 4 is 0 Å². The minimum absolute atomic E-state index is 0.148. The lowest BCUT2D eigenvalue weighted by Gasteiger charge is -2.25. The van der Waals surface area contributed by atoms with Crippen LogP contribution in [0.3, 0.4) is 0 Å². The summed E-state index contributed by atoms with van der Waals surface area (Å²) in [5.41, 5.74) is 2.86. The summed E-state index contributed by atoms with van der Waals surface area (Å²) >= 11 is 0. The highest BCUT2D eigenvalue weighted by Gasteiger charge is 2.16. The highest BCUT2D eigenvalue weighted by molar-refractivity contribution is 5.22. The molecule has 2 aromatic rings. The van der Waals surface area contributed by atoms with E-state index in [4.69, 9.17) is 4.42 Å². The van der Waals surface area contributed by atoms with Crippen molar-refractivity contribution < 1.29 is 4.42 Å². The molecule has 1 atom stereocenters. The molecule has 0 amide bonds. The Labute approximate surface area is 128 Å². The fourth-order valence-electron chi connectivity index (χ4n) is 2.44. The Bertz CT molecular complexity index is 520. The van der Waals surface area contributed by atoms with E-state index in [0.29, 0.717) is 5.92 Å². The Balaban J connectivity index is 2.01. The Morgan fingerprint density at radius 1 is 1.05 bits per heavy atom. The third-order valence-corrected chi connectivity index (χ3v) is 3.64. The first-order valence-corrected chi connectivity index (χ1v) is 7.75. The van der Waals surface area contributed by atoms with Crippen LogP contribution in [0.2, 0.25) is 0 Å². The van der Waals surface area contributed by atoms with Crippen LogP contribution in [0.25, 0.3) is 0 Å². The minimum atomic E-state index is 0.148. The molecule has 21 heavy (non-hydrogen) atoms. The molecule has 0 spiro atoms. The molecule has 0 aliphatic heterocycles. The van der Waals surface area contributed by atoms with E-state index >= 15 is 0 Å². The third-order valence-electron chi connectivity index (χ3n) is 3.64. The van der Waals surface area contributed by atoms with Gasteiger partial charge in [-0.15, -0.1) is 0 Å². The maximum Gasteiger partial charge on any atom is 0.104 e. The SMILES string of the molecule is Cc1ccc(CC(CNC(C)(C)C)Cc2ccco2)cc1. The lowest BCUT2D eigenvalue weighted by atomic mass is 9.93. The van der Waals surface area contributed by atoms with E-state index in [1.165, 1.54) is 11.1 Å². The van der Waals surface area contributed by atoms with Gasteiger partial charge >= 0.3 is 0 Å². The quantitative estimate of drug-likeness (QED) is 0.852. The van der Waals surface area contributed by atoms with E-state index in [2.05, 4.69) is 63.3 Å². The molecule has 0 fully saturated rings. The van der Waals surface area contributed by atoms with Gasteiger partial charge in [-0.1, -0.05) is 29.8 Å². The maximum atomic E-state index is 5.52. The van der Waals surface area contributed by atoms with Crippen molar-refractivity contribution in [2.24, 2.45) is 5.92 Å². The Kier molecular flexibility index (Phi) is 5.24. The van der Waals surface area contributed by atoms with Crippen molar-refractivity contribution in [2.45, 2.75) is 46.1 Å². The summed E-state index contributed by atoms with van der Waals surface area (Å²) in [6.07, 6.45) is 3.81. The van der Waals surface area contributed by atoms with Crippen LogP contribution in [0.1, 0.15) is 37.7 Å². The van der Waals surface area contributed by atoms with Gasteiger partial charge < -0.3 is 9.73 Å². The molecule has 0 saturated carbocycles. The number of hydrogen-bond donors (Lipinski definition) is 1. The van der Waals surface area contributed by atoms with Gasteiger partial charge in [0.2, 0.25) is 0 Å². The van der Waals surface area contributed by atoms with Crippen molar-refractivity contribution in [3.8, 4) is 0 Å². The predicted octanol–water partition coefficient (Wildman–Crippen LogP) is 4.38. The normalized spacial score (nSPS) is 13.3. The van der Waals surface area contributed by atoms with Crippen molar-refractivity contribution in [1.82, 2.24) is 5.32 Å². The van der Waals surface area contributed by atoms with Crippen molar-refractivity contribution in [2.75, 3.05) is 6.54 Å². The molecule has 2 heteroatoms. The zero-order valence-corrected chi connectivity index (χ0v) is 13.6. The van der Waals surface area contributed by atoms with E-state index in [1.54, 1.807) is 6.26 Å². The average Bonchev–Trinajstić information content (AvgIpc) is 2.91. The van der Waals surface area contributed by atoms with Gasteiger partial charge in [0.05, 0.1) is 6.26 Å². The molecule has 1 aromatic heterocycles. The van der Waals surface area contributed by atoms with Crippen LogP contribution in [-0.4, -0.2) is 12.1 Å². The molecule has 1 N–H and O–H groups in total. The summed E-state index contributed by atoms with van der Waals surface area (Å²) in [5, 5.41) is 3.62. The van der Waals surface area contributed by atoms with Crippen molar-refractivity contribution in [3.63, 3.8) is 0 Å². The summed E-state index contributed by atoms with van der Waals surface area (Å²) in [4.78, 5) is 0. The predicted molar refractivity (Wildman–Crippen MR) is 88.5 cm³/mol. The monoisotopic (exact) mass is 285 g/mol. The van der Waals surface area contributed by atoms with Crippen molar-refractivity contribution in [1.29, 1.82) is 0 Å². The molecule has 2 nitrogen and oxygen atoms in total. The number of nitrogens with one attached hydrogen (secondary N) is 1. The van der Waals surface area contributed by atoms with Crippen LogP contribution in [0, 0.1) is 12.8 Å². The first-order chi connectivity index (χ1) is 9.92. The molecule has 0 radical (unpaired) electrons. The second-order valence-corrected chi connectivity index (χ2v) is 6.97. The summed E-state index contributed by atoms with van der Waals surface area (Å²) in [7, 11) is 0. The zero-order valence-electron chi connectivity index (χ0n) is 13.6. The molecule has 0 saturated heterocycles. The van der Waals surface area contributed by atoms with Gasteiger partial charge in [-0.3, -0.25) is 0 Å². The van der Waals surface area contributed by atoms with Gasteiger partial charge in [-0.2, -0.15) is 0 Å². The minimum Gasteiger partial charge on any atom is -0.469 e. The first kappa shape index (κ1) is 15.8. The number of rotatable bonds is 6. The number of benzene rings is 1. The number of aryl methyl sites for hydroxylation is 1. The third kappa shape index (κ3) is 5.76. The molecule has 0 bridgehead atoms. The van der Waals surface area contributed by atoms with E-state index in [9.17, 15) is 0 Å². The Morgan fingerprint density at radius 2 is 1.76 bits per heavy atom. The molecule has 1 aromatic carbocycles. The van der Waals surface area contributed by atoms with Gasteiger partial charge in [0.15, 0.2) is 0 Å². The number of hydrogen-bond acceptors (Lipinski definition) is 2. The lowest BCUT2D eigenvalue weighted by Crippen LogP contribution is -2.40. The first-order valence-electron chi connectivity index (χ1n) is 7.75. The van der Waals surface area contributed by atoms with Gasteiger partial charge in [0, 0.05) is 12.0 Å². The summed E-state index contributed by atoms with van der Waals surface area (Å²) < 4.78 is 5.52. The van der Waals surface area contributed by atoms with Gasteiger partial charge in [-0.25, -0.2) is 0 Å². The maximum absolute atomic E-state index is 5.52. The molecular weight excluding hydrogens is 258 g/mol. The Morgan fingerprint density at radius 3 is 2.33 bits per heavy atom. The van der Waals surface area contributed by atoms with Crippen LogP contribution < -0.4 is 5.32 Å². The van der Waals surface area contributed by atoms with Crippen LogP contribution in [0.5, 0.6) is 0 Å². The van der Waals surface area contributed by atoms with E-state index in [-0.39, 0.29) is 5.54 Å². The lowest BCUT2D eigenvalue weighted by molar-refractivity contribution is 0.352. The highest BCUT2D eigenvalue weighted by Crippen LogP contribution is 2.16. The van der Waals surface area contributed by atoms with E-state index in [0.717, 1.165) is 25.1 Å². The summed E-state index contributed by atoms with van der Waals surface area (Å²) in [5.74, 6) is 1.61. The van der Waals surface area contributed by atoms with Crippen LogP contribution in [0.15, 0.2) is 47.1 Å². The second kappa shape index (κ2) is 6.95. The van der Waals surface area contributed by atoms with Crippen molar-refractivity contribution in [3.05, 3.63) is 59.5 Å². The smallest absolute Gasteiger partial charge is 0.104 e. The molecule has 2 rings (SSSR count). The molecule has 1 unspecified atom stereocenters. The second-order valence-electron chi connectivity index (χ2n) is 6.97. The number of furan rings is 1. The highest BCUT2D eigenvalue weighted by atomic mass is 16.3. The van der Waals surface area contributed by atoms with E-state index < -0.39 is 0 Å². The zero-order chi connectivity index (χ0) is 15.3. The molecule has 0 aliphatic carbocycles. The molecule has 1 heterocycles. The fourth-order valence-corrected chi connectivity index (χ4v) is 2.44. The standard InChI is InChI=1S/C19H27NO/c1-15-7-9-16(10-8-15)12-17(14-20-19(2,3)4)13-18-6-5-11-21-18/h5-11,17,20H,12-14H2,1-4H3. The molecule has 114 valence electrons.